The zero-order chi connectivity index (χ0) is 14.1. The zero-order valence-corrected chi connectivity index (χ0v) is 10.7. The van der Waals surface area contributed by atoms with E-state index >= 15 is 0 Å². The molecule has 4 nitrogen and oxygen atoms in total. The van der Waals surface area contributed by atoms with Gasteiger partial charge in [-0.3, -0.25) is 0 Å². The van der Waals surface area contributed by atoms with Gasteiger partial charge < -0.3 is 5.11 Å². The van der Waals surface area contributed by atoms with Crippen LogP contribution in [0.5, 0.6) is 0 Å². The Hall–Kier alpha value is -2.43. The van der Waals surface area contributed by atoms with Gasteiger partial charge in [0.1, 0.15) is 5.82 Å². The van der Waals surface area contributed by atoms with E-state index in [2.05, 4.69) is 5.10 Å². The number of rotatable bonds is 4. The second-order valence-corrected chi connectivity index (χ2v) is 4.83. The van der Waals surface area contributed by atoms with Gasteiger partial charge in [0.2, 0.25) is 0 Å². The van der Waals surface area contributed by atoms with Crippen LogP contribution < -0.4 is 0 Å². The maximum absolute atomic E-state index is 13.3. The Morgan fingerprint density at radius 1 is 1.40 bits per heavy atom. The van der Waals surface area contributed by atoms with Crippen molar-refractivity contribution in [3.8, 4) is 5.69 Å². The van der Waals surface area contributed by atoms with E-state index in [1.165, 1.54) is 18.2 Å². The first kappa shape index (κ1) is 12.6. The van der Waals surface area contributed by atoms with Crippen molar-refractivity contribution in [2.75, 3.05) is 0 Å². The van der Waals surface area contributed by atoms with E-state index in [-0.39, 0.29) is 0 Å². The van der Waals surface area contributed by atoms with Crippen LogP contribution in [-0.2, 0) is 4.79 Å². The van der Waals surface area contributed by atoms with Gasteiger partial charge in [-0.1, -0.05) is 0 Å². The third-order valence-corrected chi connectivity index (χ3v) is 3.25. The Morgan fingerprint density at radius 2 is 2.20 bits per heavy atom. The predicted molar refractivity (Wildman–Crippen MR) is 72.2 cm³/mol. The van der Waals surface area contributed by atoms with Crippen LogP contribution in [0.1, 0.15) is 30.0 Å². The Balaban J connectivity index is 2.00. The Bertz CT molecular complexity index is 687. The normalized spacial score (nSPS) is 14.8. The molecule has 1 heterocycles. The minimum absolute atomic E-state index is 0.409. The van der Waals surface area contributed by atoms with Crippen molar-refractivity contribution in [2.24, 2.45) is 0 Å². The van der Waals surface area contributed by atoms with Crippen molar-refractivity contribution in [3.05, 3.63) is 53.6 Å². The van der Waals surface area contributed by atoms with Crippen LogP contribution in [0.2, 0.25) is 0 Å². The summed E-state index contributed by atoms with van der Waals surface area (Å²) < 4.78 is 15.0. The summed E-state index contributed by atoms with van der Waals surface area (Å²) in [6, 6.07) is 6.19. The fourth-order valence-corrected chi connectivity index (χ4v) is 2.10. The van der Waals surface area contributed by atoms with Gasteiger partial charge in [0.25, 0.3) is 0 Å². The average molecular weight is 272 g/mol. The molecule has 5 heteroatoms. The summed E-state index contributed by atoms with van der Waals surface area (Å²) in [6.07, 6.45) is 6.50. The number of hydrogen-bond donors (Lipinski definition) is 1. The van der Waals surface area contributed by atoms with E-state index in [1.54, 1.807) is 10.7 Å². The second kappa shape index (κ2) is 4.92. The molecule has 0 saturated heterocycles. The molecular formula is C15H13FN2O2. The number of aliphatic carboxylic acids is 1. The van der Waals surface area contributed by atoms with Gasteiger partial charge in [0.15, 0.2) is 0 Å². The molecule has 1 fully saturated rings. The fraction of sp³-hybridized carbons (Fsp3) is 0.200. The molecule has 0 spiro atoms. The fourth-order valence-electron chi connectivity index (χ4n) is 2.10. The molecule has 0 amide bonds. The highest BCUT2D eigenvalue weighted by Crippen LogP contribution is 2.39. The smallest absolute Gasteiger partial charge is 0.328 e. The molecule has 1 N–H and O–H groups in total. The van der Waals surface area contributed by atoms with Crippen molar-refractivity contribution < 1.29 is 14.3 Å². The van der Waals surface area contributed by atoms with Crippen molar-refractivity contribution >= 4 is 12.0 Å². The lowest BCUT2D eigenvalue weighted by Gasteiger charge is -2.06. The zero-order valence-electron chi connectivity index (χ0n) is 10.7. The summed E-state index contributed by atoms with van der Waals surface area (Å²) in [5.74, 6) is -0.942. The summed E-state index contributed by atoms with van der Waals surface area (Å²) >= 11 is 0. The average Bonchev–Trinajstić information content (AvgIpc) is 3.15. The summed E-state index contributed by atoms with van der Waals surface area (Å²) in [4.78, 5) is 10.6. The first-order valence-corrected chi connectivity index (χ1v) is 6.40. The predicted octanol–water partition coefficient (Wildman–Crippen LogP) is 2.99. The molecule has 1 aliphatic carbocycles. The molecule has 102 valence electrons. The molecule has 0 unspecified atom stereocenters. The molecule has 1 aliphatic rings. The SMILES string of the molecule is O=C(O)C=Cc1cc(F)ccc1-n1ccc(C2CC2)n1. The van der Waals surface area contributed by atoms with Gasteiger partial charge in [-0.15, -0.1) is 0 Å². The number of aromatic nitrogens is 2. The van der Waals surface area contributed by atoms with Crippen molar-refractivity contribution in [1.29, 1.82) is 0 Å². The van der Waals surface area contributed by atoms with Crippen LogP contribution in [0, 0.1) is 5.82 Å². The number of nitrogens with zero attached hydrogens (tertiary/aromatic N) is 2. The highest BCUT2D eigenvalue weighted by Gasteiger charge is 2.26. The largest absolute Gasteiger partial charge is 0.478 e. The maximum Gasteiger partial charge on any atom is 0.328 e. The van der Waals surface area contributed by atoms with Gasteiger partial charge in [0, 0.05) is 23.8 Å². The lowest BCUT2D eigenvalue weighted by Crippen LogP contribution is -1.99. The Labute approximate surface area is 115 Å². The maximum atomic E-state index is 13.3. The minimum Gasteiger partial charge on any atom is -0.478 e. The molecule has 0 aliphatic heterocycles. The third-order valence-electron chi connectivity index (χ3n) is 3.25. The molecule has 0 atom stereocenters. The molecule has 1 aromatic heterocycles. The number of carbonyl (C=O) groups is 1. The van der Waals surface area contributed by atoms with E-state index in [4.69, 9.17) is 5.11 Å². The van der Waals surface area contributed by atoms with E-state index in [0.29, 0.717) is 17.2 Å². The van der Waals surface area contributed by atoms with Crippen LogP contribution in [0.4, 0.5) is 4.39 Å². The molecule has 0 radical (unpaired) electrons. The van der Waals surface area contributed by atoms with E-state index in [0.717, 1.165) is 24.6 Å². The topological polar surface area (TPSA) is 55.1 Å². The highest BCUT2D eigenvalue weighted by atomic mass is 19.1. The molecule has 0 bridgehead atoms. The van der Waals surface area contributed by atoms with Crippen LogP contribution in [0.25, 0.3) is 11.8 Å². The summed E-state index contributed by atoms with van der Waals surface area (Å²) in [5.41, 5.74) is 2.18. The lowest BCUT2D eigenvalue weighted by molar-refractivity contribution is -0.131. The standard InChI is InChI=1S/C15H13FN2O2/c16-12-4-5-14(11(9-12)3-6-15(19)20)18-8-7-13(17-18)10-1-2-10/h3-10H,1-2H2,(H,19,20). The van der Waals surface area contributed by atoms with E-state index < -0.39 is 11.8 Å². The molecule has 1 saturated carbocycles. The van der Waals surface area contributed by atoms with Crippen LogP contribution >= 0.6 is 0 Å². The molecular weight excluding hydrogens is 259 g/mol. The first-order valence-electron chi connectivity index (χ1n) is 6.40. The number of carboxylic acids is 1. The number of hydrogen-bond acceptors (Lipinski definition) is 2. The van der Waals surface area contributed by atoms with Crippen molar-refractivity contribution in [2.45, 2.75) is 18.8 Å². The summed E-state index contributed by atoms with van der Waals surface area (Å²) in [7, 11) is 0. The third kappa shape index (κ3) is 2.61. The summed E-state index contributed by atoms with van der Waals surface area (Å²) in [5, 5.41) is 13.2. The van der Waals surface area contributed by atoms with Gasteiger partial charge in [-0.2, -0.15) is 5.10 Å². The Morgan fingerprint density at radius 3 is 2.90 bits per heavy atom. The van der Waals surface area contributed by atoms with Crippen LogP contribution in [0.15, 0.2) is 36.5 Å². The monoisotopic (exact) mass is 272 g/mol. The van der Waals surface area contributed by atoms with E-state index in [1.807, 2.05) is 12.3 Å². The van der Waals surface area contributed by atoms with Gasteiger partial charge in [0.05, 0.1) is 11.4 Å². The highest BCUT2D eigenvalue weighted by molar-refractivity contribution is 5.86. The number of halogens is 1. The number of carboxylic acid groups (broad SMARTS) is 1. The molecule has 2 aromatic rings. The van der Waals surface area contributed by atoms with Crippen molar-refractivity contribution in [3.63, 3.8) is 0 Å². The van der Waals surface area contributed by atoms with Gasteiger partial charge in [-0.25, -0.2) is 13.9 Å². The second-order valence-electron chi connectivity index (χ2n) is 4.83. The van der Waals surface area contributed by atoms with Gasteiger partial charge in [-0.05, 0) is 43.2 Å². The van der Waals surface area contributed by atoms with Crippen LogP contribution in [-0.4, -0.2) is 20.9 Å². The molecule has 3 rings (SSSR count). The minimum atomic E-state index is -1.07. The first-order chi connectivity index (χ1) is 9.63. The molecule has 20 heavy (non-hydrogen) atoms. The summed E-state index contributed by atoms with van der Waals surface area (Å²) in [6.45, 7) is 0. The van der Waals surface area contributed by atoms with Gasteiger partial charge >= 0.3 is 5.97 Å². The van der Waals surface area contributed by atoms with Crippen molar-refractivity contribution in [1.82, 2.24) is 9.78 Å². The molecule has 1 aromatic carbocycles. The number of benzene rings is 1. The lowest BCUT2D eigenvalue weighted by atomic mass is 10.1. The van der Waals surface area contributed by atoms with Crippen LogP contribution in [0.3, 0.4) is 0 Å². The van der Waals surface area contributed by atoms with E-state index in [9.17, 15) is 9.18 Å². The Kier molecular flexibility index (Phi) is 3.10. The quantitative estimate of drug-likeness (QED) is 0.870.